The molecule has 0 aliphatic heterocycles. The summed E-state index contributed by atoms with van der Waals surface area (Å²) in [6.07, 6.45) is 6.43. The van der Waals surface area contributed by atoms with Gasteiger partial charge in [0.1, 0.15) is 6.26 Å². The second-order valence-corrected chi connectivity index (χ2v) is 1.96. The van der Waals surface area contributed by atoms with Crippen LogP contribution < -0.4 is 5.73 Å². The molecule has 0 atom stereocenters. The Kier molecular flexibility index (Phi) is 6.08. The van der Waals surface area contributed by atoms with E-state index in [4.69, 9.17) is 5.73 Å². The van der Waals surface area contributed by atoms with E-state index in [9.17, 15) is 0 Å². The monoisotopic (exact) mass is 154 g/mol. The number of allylic oxidation sites excluding steroid dienone is 2. The van der Waals surface area contributed by atoms with Crippen molar-refractivity contribution in [2.24, 2.45) is 10.9 Å². The van der Waals surface area contributed by atoms with Gasteiger partial charge in [-0.3, -0.25) is 0 Å². The molecule has 0 spiro atoms. The molecule has 2 N–H and O–H groups in total. The Labute approximate surface area is 67.2 Å². The van der Waals surface area contributed by atoms with Crippen molar-refractivity contribution in [2.45, 2.75) is 19.8 Å². The number of nitrogens with two attached hydrogens (primary N) is 1. The molecule has 0 aromatic heterocycles. The molecule has 3 heteroatoms. The molecule has 0 aromatic rings. The van der Waals surface area contributed by atoms with Crippen LogP contribution in [0.3, 0.4) is 0 Å². The average molecular weight is 154 g/mol. The molecular weight excluding hydrogens is 140 g/mol. The van der Waals surface area contributed by atoms with Gasteiger partial charge in [0.05, 0.1) is 0 Å². The number of hydrogen-bond donors (Lipinski definition) is 1. The summed E-state index contributed by atoms with van der Waals surface area (Å²) >= 11 is 0. The van der Waals surface area contributed by atoms with Gasteiger partial charge in [-0.1, -0.05) is 17.8 Å². The zero-order chi connectivity index (χ0) is 8.53. The molecule has 0 aromatic carbocycles. The van der Waals surface area contributed by atoms with Crippen LogP contribution in [-0.2, 0) is 4.84 Å². The summed E-state index contributed by atoms with van der Waals surface area (Å²) < 4.78 is 0. The van der Waals surface area contributed by atoms with Crippen LogP contribution in [0.5, 0.6) is 0 Å². The van der Waals surface area contributed by atoms with Crippen molar-refractivity contribution in [1.82, 2.24) is 0 Å². The molecule has 0 unspecified atom stereocenters. The highest BCUT2D eigenvalue weighted by molar-refractivity contribution is 5.56. The van der Waals surface area contributed by atoms with E-state index >= 15 is 0 Å². The molecule has 0 saturated carbocycles. The van der Waals surface area contributed by atoms with E-state index in [2.05, 4.69) is 16.6 Å². The van der Waals surface area contributed by atoms with Crippen LogP contribution in [0, 0.1) is 0 Å². The Morgan fingerprint density at radius 3 is 3.00 bits per heavy atom. The maximum atomic E-state index is 5.53. The Morgan fingerprint density at radius 2 is 2.45 bits per heavy atom. The van der Waals surface area contributed by atoms with Crippen molar-refractivity contribution in [1.29, 1.82) is 0 Å². The van der Waals surface area contributed by atoms with Gasteiger partial charge in [-0.15, -0.1) is 0 Å². The second kappa shape index (κ2) is 6.86. The summed E-state index contributed by atoms with van der Waals surface area (Å²) in [6, 6.07) is 0. The summed E-state index contributed by atoms with van der Waals surface area (Å²) in [6.45, 7) is 5.25. The van der Waals surface area contributed by atoms with E-state index in [0.29, 0.717) is 0 Å². The number of oxime groups is 1. The lowest BCUT2D eigenvalue weighted by Crippen LogP contribution is -1.95. The van der Waals surface area contributed by atoms with Crippen molar-refractivity contribution in [3.05, 3.63) is 24.6 Å². The predicted octanol–water partition coefficient (Wildman–Crippen LogP) is 1.78. The summed E-state index contributed by atoms with van der Waals surface area (Å²) in [4.78, 5) is 4.52. The van der Waals surface area contributed by atoms with E-state index in [1.807, 2.05) is 13.0 Å². The van der Waals surface area contributed by atoms with Crippen LogP contribution in [0.15, 0.2) is 29.8 Å². The van der Waals surface area contributed by atoms with Gasteiger partial charge in [0.2, 0.25) is 0 Å². The van der Waals surface area contributed by atoms with E-state index < -0.39 is 0 Å². The number of hydrogen-bond acceptors (Lipinski definition) is 3. The van der Waals surface area contributed by atoms with E-state index in [-0.39, 0.29) is 0 Å². The van der Waals surface area contributed by atoms with Gasteiger partial charge in [-0.25, -0.2) is 0 Å². The standard InChI is InChI=1S/C8H14N2O/c1-3-8(9)6-5-7-10-11-4-2/h3-4,7H,2,5-6,9H2,1H3/b8-3+,10-7+. The minimum Gasteiger partial charge on any atom is -0.402 e. The minimum absolute atomic E-state index is 0.796. The van der Waals surface area contributed by atoms with Gasteiger partial charge in [-0.2, -0.15) is 0 Å². The lowest BCUT2D eigenvalue weighted by atomic mass is 10.2. The summed E-state index contributed by atoms with van der Waals surface area (Å²) in [7, 11) is 0. The van der Waals surface area contributed by atoms with Crippen LogP contribution >= 0.6 is 0 Å². The smallest absolute Gasteiger partial charge is 0.114 e. The first-order valence-corrected chi connectivity index (χ1v) is 3.50. The summed E-state index contributed by atoms with van der Waals surface area (Å²) in [5, 5.41) is 3.57. The van der Waals surface area contributed by atoms with Gasteiger partial charge < -0.3 is 10.6 Å². The largest absolute Gasteiger partial charge is 0.402 e. The first-order chi connectivity index (χ1) is 5.31. The SMILES string of the molecule is C=CO/N=C/CC/C(N)=C\C. The fourth-order valence-electron chi connectivity index (χ4n) is 0.514. The zero-order valence-corrected chi connectivity index (χ0v) is 6.79. The van der Waals surface area contributed by atoms with Crippen LogP contribution in [0.1, 0.15) is 19.8 Å². The molecule has 0 saturated heterocycles. The van der Waals surface area contributed by atoms with E-state index in [0.717, 1.165) is 18.5 Å². The van der Waals surface area contributed by atoms with Crippen molar-refractivity contribution in [3.8, 4) is 0 Å². The van der Waals surface area contributed by atoms with Gasteiger partial charge in [0.25, 0.3) is 0 Å². The van der Waals surface area contributed by atoms with Crippen molar-refractivity contribution in [2.75, 3.05) is 0 Å². The third kappa shape index (κ3) is 6.64. The maximum absolute atomic E-state index is 5.53. The Balaban J connectivity index is 3.33. The molecule has 0 radical (unpaired) electrons. The van der Waals surface area contributed by atoms with Gasteiger partial charge in [-0.05, 0) is 19.8 Å². The third-order valence-corrected chi connectivity index (χ3v) is 1.14. The lowest BCUT2D eigenvalue weighted by molar-refractivity contribution is 0.271. The molecule has 0 aliphatic rings. The maximum Gasteiger partial charge on any atom is 0.114 e. The first kappa shape index (κ1) is 9.75. The van der Waals surface area contributed by atoms with E-state index in [1.165, 1.54) is 6.26 Å². The predicted molar refractivity (Wildman–Crippen MR) is 47.0 cm³/mol. The quantitative estimate of drug-likeness (QED) is 0.372. The highest BCUT2D eigenvalue weighted by atomic mass is 16.6. The molecule has 0 bridgehead atoms. The second-order valence-electron chi connectivity index (χ2n) is 1.96. The Hall–Kier alpha value is -1.25. The highest BCUT2D eigenvalue weighted by Crippen LogP contribution is 1.94. The summed E-state index contributed by atoms with van der Waals surface area (Å²) in [5.74, 6) is 0. The van der Waals surface area contributed by atoms with Gasteiger partial charge in [0, 0.05) is 11.9 Å². The van der Waals surface area contributed by atoms with Crippen LogP contribution in [0.4, 0.5) is 0 Å². The third-order valence-electron chi connectivity index (χ3n) is 1.14. The molecule has 0 amide bonds. The fraction of sp³-hybridized carbons (Fsp3) is 0.375. The first-order valence-electron chi connectivity index (χ1n) is 3.50. The van der Waals surface area contributed by atoms with Crippen LogP contribution in [0.2, 0.25) is 0 Å². The van der Waals surface area contributed by atoms with Crippen LogP contribution in [0.25, 0.3) is 0 Å². The summed E-state index contributed by atoms with van der Waals surface area (Å²) in [5.41, 5.74) is 6.40. The van der Waals surface area contributed by atoms with Gasteiger partial charge >= 0.3 is 0 Å². The molecular formula is C8H14N2O. The van der Waals surface area contributed by atoms with Crippen LogP contribution in [-0.4, -0.2) is 6.21 Å². The number of nitrogens with zero attached hydrogens (tertiary/aromatic N) is 1. The number of rotatable bonds is 5. The molecule has 0 rings (SSSR count). The lowest BCUT2D eigenvalue weighted by Gasteiger charge is -1.93. The Bertz CT molecular complexity index is 161. The van der Waals surface area contributed by atoms with Gasteiger partial charge in [0.15, 0.2) is 0 Å². The average Bonchev–Trinajstić information content (AvgIpc) is 2.04. The molecule has 3 nitrogen and oxygen atoms in total. The topological polar surface area (TPSA) is 47.6 Å². The molecule has 0 aliphatic carbocycles. The minimum atomic E-state index is 0.796. The van der Waals surface area contributed by atoms with Crippen molar-refractivity contribution in [3.63, 3.8) is 0 Å². The molecule has 62 valence electrons. The van der Waals surface area contributed by atoms with Crippen molar-refractivity contribution < 1.29 is 4.84 Å². The molecule has 11 heavy (non-hydrogen) atoms. The van der Waals surface area contributed by atoms with Crippen molar-refractivity contribution >= 4 is 6.21 Å². The molecule has 0 heterocycles. The zero-order valence-electron chi connectivity index (χ0n) is 6.79. The van der Waals surface area contributed by atoms with E-state index in [1.54, 1.807) is 6.21 Å². The fourth-order valence-corrected chi connectivity index (χ4v) is 0.514. The molecule has 0 fully saturated rings. The highest BCUT2D eigenvalue weighted by Gasteiger charge is 1.85. The normalized spacial score (nSPS) is 11.9. The Morgan fingerprint density at radius 1 is 1.73 bits per heavy atom.